The van der Waals surface area contributed by atoms with Gasteiger partial charge in [-0.2, -0.15) is 0 Å². The molecular weight excluding hydrogens is 424 g/mol. The Hall–Kier alpha value is -3.20. The first-order valence-corrected chi connectivity index (χ1v) is 10.4. The van der Waals surface area contributed by atoms with Gasteiger partial charge in [-0.25, -0.2) is 13.6 Å². The number of rotatable bonds is 5. The number of nitrogens with one attached hydrogen (secondary N) is 1. The third kappa shape index (κ3) is 3.66. The van der Waals surface area contributed by atoms with E-state index in [2.05, 4.69) is 5.32 Å². The van der Waals surface area contributed by atoms with E-state index in [1.54, 1.807) is 24.3 Å². The second-order valence-corrected chi connectivity index (χ2v) is 8.26. The molecule has 2 unspecified atom stereocenters. The summed E-state index contributed by atoms with van der Waals surface area (Å²) in [6.45, 7) is 0.379. The van der Waals surface area contributed by atoms with E-state index in [1.165, 1.54) is 18.2 Å². The average Bonchev–Trinajstić information content (AvgIpc) is 3.11. The summed E-state index contributed by atoms with van der Waals surface area (Å²) in [6.07, 6.45) is 0.452. The van der Waals surface area contributed by atoms with Crippen LogP contribution in [0.25, 0.3) is 0 Å². The van der Waals surface area contributed by atoms with Crippen molar-refractivity contribution >= 4 is 11.9 Å². The van der Waals surface area contributed by atoms with Crippen molar-refractivity contribution in [3.63, 3.8) is 0 Å². The Morgan fingerprint density at radius 3 is 2.69 bits per heavy atom. The molecule has 2 aromatic rings. The van der Waals surface area contributed by atoms with Gasteiger partial charge in [0.05, 0.1) is 17.6 Å². The van der Waals surface area contributed by atoms with Crippen molar-refractivity contribution < 1.29 is 37.7 Å². The lowest BCUT2D eigenvalue weighted by Crippen LogP contribution is -2.41. The van der Waals surface area contributed by atoms with E-state index < -0.39 is 35.7 Å². The monoisotopic (exact) mass is 445 g/mol. The van der Waals surface area contributed by atoms with E-state index in [9.17, 15) is 23.5 Å². The highest BCUT2D eigenvalue weighted by Gasteiger charge is 2.72. The highest BCUT2D eigenvalue weighted by molar-refractivity contribution is 5.87. The van der Waals surface area contributed by atoms with Crippen molar-refractivity contribution in [2.24, 2.45) is 5.92 Å². The summed E-state index contributed by atoms with van der Waals surface area (Å²) in [5.74, 6) is -6.63. The average molecular weight is 445 g/mol. The second kappa shape index (κ2) is 7.74. The van der Waals surface area contributed by atoms with Gasteiger partial charge in [-0.15, -0.1) is 0 Å². The maximum absolute atomic E-state index is 14.6. The number of carboxylic acid groups (broad SMARTS) is 1. The van der Waals surface area contributed by atoms with Crippen LogP contribution in [0.4, 0.5) is 8.78 Å². The number of alkyl halides is 2. The van der Waals surface area contributed by atoms with E-state index in [1.807, 2.05) is 0 Å². The number of aromatic carboxylic acids is 1. The molecule has 1 aliphatic carbocycles. The Labute approximate surface area is 182 Å². The zero-order valence-corrected chi connectivity index (χ0v) is 16.9. The number of fused-ring (bicyclic) bond motifs is 1. The van der Waals surface area contributed by atoms with Crippen LogP contribution < -0.4 is 14.8 Å². The molecule has 2 N–H and O–H groups in total. The molecule has 3 aliphatic rings. The predicted molar refractivity (Wildman–Crippen MR) is 107 cm³/mol. The van der Waals surface area contributed by atoms with Crippen LogP contribution in [0, 0.1) is 5.92 Å². The molecule has 1 saturated carbocycles. The van der Waals surface area contributed by atoms with Crippen LogP contribution >= 0.6 is 0 Å². The number of ether oxygens (including phenoxy) is 3. The fraction of sp³-hybridized carbons (Fsp3) is 0.391. The molecule has 0 radical (unpaired) electrons. The second-order valence-electron chi connectivity index (χ2n) is 8.26. The first kappa shape index (κ1) is 20.7. The van der Waals surface area contributed by atoms with Crippen LogP contribution in [0.5, 0.6) is 11.5 Å². The molecule has 2 heterocycles. The lowest BCUT2D eigenvalue weighted by Gasteiger charge is -2.30. The summed E-state index contributed by atoms with van der Waals surface area (Å²) in [5, 5.41) is 11.9. The fourth-order valence-electron chi connectivity index (χ4n) is 4.50. The van der Waals surface area contributed by atoms with E-state index >= 15 is 0 Å². The third-order valence-corrected chi connectivity index (χ3v) is 6.23. The maximum atomic E-state index is 14.6. The molecule has 7 nitrogen and oxygen atoms in total. The third-order valence-electron chi connectivity index (χ3n) is 6.23. The predicted octanol–water partition coefficient (Wildman–Crippen LogP) is 3.50. The first-order valence-electron chi connectivity index (χ1n) is 10.4. The van der Waals surface area contributed by atoms with Gasteiger partial charge in [0.25, 0.3) is 5.92 Å². The number of carboxylic acids is 1. The summed E-state index contributed by atoms with van der Waals surface area (Å²) >= 11 is 0. The molecule has 2 aliphatic heterocycles. The van der Waals surface area contributed by atoms with Crippen LogP contribution in [0.15, 0.2) is 42.5 Å². The number of hydrogen-bond donors (Lipinski definition) is 2. The molecule has 0 aromatic heterocycles. The Balaban J connectivity index is 1.26. The van der Waals surface area contributed by atoms with Crippen LogP contribution in [0.3, 0.4) is 0 Å². The summed E-state index contributed by atoms with van der Waals surface area (Å²) in [6, 6.07) is 10.7. The molecule has 2 aromatic carbocycles. The fourth-order valence-corrected chi connectivity index (χ4v) is 4.50. The Morgan fingerprint density at radius 2 is 1.88 bits per heavy atom. The Morgan fingerprint density at radius 1 is 1.06 bits per heavy atom. The van der Waals surface area contributed by atoms with Crippen molar-refractivity contribution in [3.8, 4) is 11.5 Å². The molecule has 168 valence electrons. The van der Waals surface area contributed by atoms with Crippen molar-refractivity contribution in [1.82, 2.24) is 5.32 Å². The zero-order chi connectivity index (χ0) is 22.5. The van der Waals surface area contributed by atoms with E-state index in [-0.39, 0.29) is 18.4 Å². The molecule has 0 spiro atoms. The smallest absolute Gasteiger partial charge is 0.335 e. The molecule has 1 saturated heterocycles. The molecule has 2 fully saturated rings. The van der Waals surface area contributed by atoms with Crippen LogP contribution in [0.1, 0.15) is 46.3 Å². The lowest BCUT2D eigenvalue weighted by molar-refractivity contribution is -0.126. The molecule has 9 heteroatoms. The maximum Gasteiger partial charge on any atom is 0.335 e. The number of hydrogen-bond acceptors (Lipinski definition) is 5. The molecule has 0 bridgehead atoms. The van der Waals surface area contributed by atoms with Crippen molar-refractivity contribution in [3.05, 3.63) is 59.2 Å². The standard InChI is InChI=1S/C23H21F2NO6/c24-23(25)19(13-4-5-16-18(9-13)32-11-31-16)20(23)21(27)26-15-6-7-30-17(10-15)12-2-1-3-14(8-12)22(28)29/h1-5,8-9,15,17,19-20H,6-7,10-11H2,(H,26,27)(H,28,29)/t15-,17-,19?,20?/m1/s1. The largest absolute Gasteiger partial charge is 0.478 e. The minimum absolute atomic E-state index is 0.0457. The molecule has 32 heavy (non-hydrogen) atoms. The Kier molecular flexibility index (Phi) is 5.00. The highest BCUT2D eigenvalue weighted by Crippen LogP contribution is 2.62. The van der Waals surface area contributed by atoms with E-state index in [0.29, 0.717) is 42.1 Å². The van der Waals surface area contributed by atoms with Gasteiger partial charge in [0.1, 0.15) is 5.92 Å². The van der Waals surface area contributed by atoms with Crippen molar-refractivity contribution in [2.75, 3.05) is 13.4 Å². The number of carbonyl (C=O) groups is 2. The van der Waals surface area contributed by atoms with Crippen LogP contribution in [0.2, 0.25) is 0 Å². The number of amides is 1. The van der Waals surface area contributed by atoms with E-state index in [0.717, 1.165) is 0 Å². The molecule has 4 atom stereocenters. The number of carbonyl (C=O) groups excluding carboxylic acids is 1. The van der Waals surface area contributed by atoms with Crippen molar-refractivity contribution in [1.29, 1.82) is 0 Å². The normalized spacial score (nSPS) is 27.6. The highest BCUT2D eigenvalue weighted by atomic mass is 19.3. The summed E-state index contributed by atoms with van der Waals surface area (Å²) < 4.78 is 45.3. The van der Waals surface area contributed by atoms with Gasteiger partial charge in [0.15, 0.2) is 11.5 Å². The minimum atomic E-state index is -3.14. The molecule has 5 rings (SSSR count). The van der Waals surface area contributed by atoms with Gasteiger partial charge >= 0.3 is 5.97 Å². The van der Waals surface area contributed by atoms with Gasteiger partial charge in [-0.1, -0.05) is 18.2 Å². The van der Waals surface area contributed by atoms with Gasteiger partial charge in [0, 0.05) is 12.6 Å². The number of benzene rings is 2. The van der Waals surface area contributed by atoms with E-state index in [4.69, 9.17) is 14.2 Å². The summed E-state index contributed by atoms with van der Waals surface area (Å²) in [5.41, 5.74) is 1.16. The zero-order valence-electron chi connectivity index (χ0n) is 16.9. The van der Waals surface area contributed by atoms with Gasteiger partial charge in [0.2, 0.25) is 12.7 Å². The molecular formula is C23H21F2NO6. The number of halogens is 2. The first-order chi connectivity index (χ1) is 15.3. The van der Waals surface area contributed by atoms with Gasteiger partial charge in [-0.3, -0.25) is 4.79 Å². The lowest BCUT2D eigenvalue weighted by atomic mass is 9.96. The quantitative estimate of drug-likeness (QED) is 0.732. The minimum Gasteiger partial charge on any atom is -0.478 e. The van der Waals surface area contributed by atoms with Gasteiger partial charge in [-0.05, 0) is 48.2 Å². The van der Waals surface area contributed by atoms with Crippen molar-refractivity contribution in [2.45, 2.75) is 36.8 Å². The van der Waals surface area contributed by atoms with Crippen LogP contribution in [-0.4, -0.2) is 42.3 Å². The topological polar surface area (TPSA) is 94.1 Å². The van der Waals surface area contributed by atoms with Gasteiger partial charge < -0.3 is 24.6 Å². The molecule has 1 amide bonds. The summed E-state index contributed by atoms with van der Waals surface area (Å²) in [4.78, 5) is 23.9. The summed E-state index contributed by atoms with van der Waals surface area (Å²) in [7, 11) is 0. The SMILES string of the molecule is O=C(O)c1cccc([C@H]2C[C@H](NC(=O)C3C(c4ccc5c(c4)OCO5)C3(F)F)CCO2)c1. The van der Waals surface area contributed by atoms with Crippen LogP contribution in [-0.2, 0) is 9.53 Å². The Bertz CT molecular complexity index is 1070.